The minimum absolute atomic E-state index is 0.0878. The summed E-state index contributed by atoms with van der Waals surface area (Å²) in [6, 6.07) is 5.53. The molecule has 0 saturated carbocycles. The lowest BCUT2D eigenvalue weighted by Crippen LogP contribution is -2.48. The highest BCUT2D eigenvalue weighted by Gasteiger charge is 2.20. The number of carbonyl (C=O) groups excluding carboxylic acids is 1. The molecular formula is C13H18N2O2. The van der Waals surface area contributed by atoms with Gasteiger partial charge in [-0.05, 0) is 37.6 Å². The molecule has 0 bridgehead atoms. The van der Waals surface area contributed by atoms with Gasteiger partial charge in [-0.1, -0.05) is 0 Å². The van der Waals surface area contributed by atoms with Crippen LogP contribution in [0.15, 0.2) is 18.2 Å². The van der Waals surface area contributed by atoms with Gasteiger partial charge in [0.15, 0.2) is 0 Å². The van der Waals surface area contributed by atoms with Crippen molar-refractivity contribution in [3.05, 3.63) is 29.3 Å². The van der Waals surface area contributed by atoms with Crippen LogP contribution in [0.4, 0.5) is 0 Å². The summed E-state index contributed by atoms with van der Waals surface area (Å²) in [6.45, 7) is 4.92. The maximum absolute atomic E-state index is 12.0. The first-order valence-electron chi connectivity index (χ1n) is 5.80. The smallest absolute Gasteiger partial charge is 0.251 e. The number of nitrogens with one attached hydrogen (secondary N) is 1. The van der Waals surface area contributed by atoms with Gasteiger partial charge < -0.3 is 15.8 Å². The number of nitrogens with two attached hydrogens (primary N) is 1. The summed E-state index contributed by atoms with van der Waals surface area (Å²) in [6.07, 6.45) is 0.872. The van der Waals surface area contributed by atoms with Crippen LogP contribution in [0.1, 0.15) is 29.8 Å². The molecule has 1 aliphatic rings. The third-order valence-electron chi connectivity index (χ3n) is 2.91. The van der Waals surface area contributed by atoms with E-state index in [4.69, 9.17) is 10.5 Å². The van der Waals surface area contributed by atoms with Crippen LogP contribution in [0.2, 0.25) is 0 Å². The average Bonchev–Trinajstić information content (AvgIpc) is 2.75. The highest BCUT2D eigenvalue weighted by molar-refractivity contribution is 5.95. The molecule has 4 heteroatoms. The number of fused-ring (bicyclic) bond motifs is 1. The second-order valence-corrected chi connectivity index (χ2v) is 4.96. The quantitative estimate of drug-likeness (QED) is 0.822. The van der Waals surface area contributed by atoms with E-state index in [-0.39, 0.29) is 11.4 Å². The first kappa shape index (κ1) is 11.9. The summed E-state index contributed by atoms with van der Waals surface area (Å²) >= 11 is 0. The molecule has 0 atom stereocenters. The average molecular weight is 234 g/mol. The molecule has 2 rings (SSSR count). The molecule has 1 heterocycles. The molecule has 0 fully saturated rings. The molecule has 17 heavy (non-hydrogen) atoms. The van der Waals surface area contributed by atoms with Crippen molar-refractivity contribution in [2.75, 3.05) is 13.2 Å². The molecule has 1 aromatic rings. The highest BCUT2D eigenvalue weighted by Crippen LogP contribution is 2.25. The van der Waals surface area contributed by atoms with Crippen LogP contribution in [-0.2, 0) is 6.42 Å². The molecule has 4 nitrogen and oxygen atoms in total. The van der Waals surface area contributed by atoms with E-state index >= 15 is 0 Å². The van der Waals surface area contributed by atoms with Gasteiger partial charge in [0.05, 0.1) is 6.61 Å². The molecular weight excluding hydrogens is 216 g/mol. The topological polar surface area (TPSA) is 64.3 Å². The minimum atomic E-state index is -0.382. The summed E-state index contributed by atoms with van der Waals surface area (Å²) in [5.74, 6) is 0.801. The Morgan fingerprint density at radius 1 is 1.53 bits per heavy atom. The first-order valence-corrected chi connectivity index (χ1v) is 5.80. The van der Waals surface area contributed by atoms with Crippen LogP contribution in [0.25, 0.3) is 0 Å². The number of hydrogen-bond acceptors (Lipinski definition) is 3. The van der Waals surface area contributed by atoms with Crippen LogP contribution in [0, 0.1) is 0 Å². The molecule has 1 aromatic carbocycles. The predicted molar refractivity (Wildman–Crippen MR) is 66.2 cm³/mol. The fourth-order valence-electron chi connectivity index (χ4n) is 1.76. The third-order valence-corrected chi connectivity index (χ3v) is 2.91. The zero-order valence-electron chi connectivity index (χ0n) is 10.2. The van der Waals surface area contributed by atoms with Gasteiger partial charge >= 0.3 is 0 Å². The number of ether oxygens (including phenoxy) is 1. The lowest BCUT2D eigenvalue weighted by atomic mass is 10.0. The van der Waals surface area contributed by atoms with E-state index < -0.39 is 0 Å². The normalized spacial score (nSPS) is 14.1. The summed E-state index contributed by atoms with van der Waals surface area (Å²) in [4.78, 5) is 12.0. The molecule has 0 spiro atoms. The molecule has 0 aliphatic carbocycles. The van der Waals surface area contributed by atoms with Crippen molar-refractivity contribution >= 4 is 5.91 Å². The van der Waals surface area contributed by atoms with Gasteiger partial charge in [0.25, 0.3) is 5.91 Å². The Bertz CT molecular complexity index is 441. The number of benzene rings is 1. The molecule has 0 radical (unpaired) electrons. The van der Waals surface area contributed by atoms with E-state index in [9.17, 15) is 4.79 Å². The second-order valence-electron chi connectivity index (χ2n) is 4.96. The maximum Gasteiger partial charge on any atom is 0.251 e. The van der Waals surface area contributed by atoms with Crippen molar-refractivity contribution in [2.45, 2.75) is 25.8 Å². The molecule has 1 amide bonds. The van der Waals surface area contributed by atoms with E-state index in [0.29, 0.717) is 18.7 Å². The minimum Gasteiger partial charge on any atom is -0.493 e. The third kappa shape index (κ3) is 2.58. The maximum atomic E-state index is 12.0. The lowest BCUT2D eigenvalue weighted by molar-refractivity contribution is 0.0915. The van der Waals surface area contributed by atoms with Crippen molar-refractivity contribution in [1.29, 1.82) is 0 Å². The van der Waals surface area contributed by atoms with Crippen LogP contribution in [-0.4, -0.2) is 24.6 Å². The molecule has 1 aliphatic heterocycles. The van der Waals surface area contributed by atoms with Gasteiger partial charge in [-0.15, -0.1) is 0 Å². The first-order chi connectivity index (χ1) is 8.02. The van der Waals surface area contributed by atoms with E-state index in [2.05, 4.69) is 5.32 Å². The van der Waals surface area contributed by atoms with Crippen molar-refractivity contribution in [3.63, 3.8) is 0 Å². The van der Waals surface area contributed by atoms with E-state index in [1.54, 1.807) is 6.07 Å². The summed E-state index contributed by atoms with van der Waals surface area (Å²) < 4.78 is 5.40. The molecule has 3 N–H and O–H groups in total. The largest absolute Gasteiger partial charge is 0.493 e. The van der Waals surface area contributed by atoms with Crippen molar-refractivity contribution < 1.29 is 9.53 Å². The SMILES string of the molecule is CC(C)(CN)NC(=O)c1ccc2c(c1)CCO2. The summed E-state index contributed by atoms with van der Waals surface area (Å²) in [7, 11) is 0. The van der Waals surface area contributed by atoms with Crippen LogP contribution in [0.3, 0.4) is 0 Å². The molecule has 92 valence electrons. The predicted octanol–water partition coefficient (Wildman–Crippen LogP) is 1.09. The monoisotopic (exact) mass is 234 g/mol. The van der Waals surface area contributed by atoms with E-state index in [1.807, 2.05) is 26.0 Å². The van der Waals surface area contributed by atoms with Crippen molar-refractivity contribution in [1.82, 2.24) is 5.32 Å². The summed E-state index contributed by atoms with van der Waals surface area (Å²) in [5.41, 5.74) is 6.97. The van der Waals surface area contributed by atoms with Crippen molar-refractivity contribution in [3.8, 4) is 5.75 Å². The number of carbonyl (C=O) groups is 1. The van der Waals surface area contributed by atoms with Crippen LogP contribution >= 0.6 is 0 Å². The zero-order valence-corrected chi connectivity index (χ0v) is 10.2. The molecule has 0 unspecified atom stereocenters. The van der Waals surface area contributed by atoms with Crippen LogP contribution < -0.4 is 15.8 Å². The lowest BCUT2D eigenvalue weighted by Gasteiger charge is -2.24. The van der Waals surface area contributed by atoms with E-state index in [0.717, 1.165) is 17.7 Å². The van der Waals surface area contributed by atoms with Gasteiger partial charge in [-0.2, -0.15) is 0 Å². The van der Waals surface area contributed by atoms with Gasteiger partial charge in [-0.3, -0.25) is 4.79 Å². The zero-order chi connectivity index (χ0) is 12.5. The van der Waals surface area contributed by atoms with Crippen LogP contribution in [0.5, 0.6) is 5.75 Å². The molecule has 0 saturated heterocycles. The number of amides is 1. The fourth-order valence-corrected chi connectivity index (χ4v) is 1.76. The Labute approximate surface area is 101 Å². The highest BCUT2D eigenvalue weighted by atomic mass is 16.5. The Kier molecular flexibility index (Phi) is 3.07. The number of hydrogen-bond donors (Lipinski definition) is 2. The van der Waals surface area contributed by atoms with Crippen molar-refractivity contribution in [2.24, 2.45) is 5.73 Å². The second kappa shape index (κ2) is 4.37. The Balaban J connectivity index is 2.15. The van der Waals surface area contributed by atoms with E-state index in [1.165, 1.54) is 0 Å². The summed E-state index contributed by atoms with van der Waals surface area (Å²) in [5, 5.41) is 2.91. The number of rotatable bonds is 3. The van der Waals surface area contributed by atoms with Gasteiger partial charge in [0.1, 0.15) is 5.75 Å². The molecule has 0 aromatic heterocycles. The standard InChI is InChI=1S/C13H18N2O2/c1-13(2,8-14)15-12(16)10-3-4-11-9(7-10)5-6-17-11/h3-4,7H,5-6,8,14H2,1-2H3,(H,15,16). The Morgan fingerprint density at radius 3 is 3.00 bits per heavy atom. The van der Waals surface area contributed by atoms with Gasteiger partial charge in [0, 0.05) is 24.1 Å². The van der Waals surface area contributed by atoms with Gasteiger partial charge in [-0.25, -0.2) is 0 Å². The van der Waals surface area contributed by atoms with Gasteiger partial charge in [0.2, 0.25) is 0 Å². The fraction of sp³-hybridized carbons (Fsp3) is 0.462. The Morgan fingerprint density at radius 2 is 2.29 bits per heavy atom. The Hall–Kier alpha value is -1.55.